The van der Waals surface area contributed by atoms with Crippen molar-refractivity contribution >= 4 is 11.6 Å². The number of nitrogens with one attached hydrogen (secondary N) is 2. The number of benzene rings is 1. The van der Waals surface area contributed by atoms with Gasteiger partial charge in [0.15, 0.2) is 0 Å². The van der Waals surface area contributed by atoms with E-state index in [0.29, 0.717) is 0 Å². The van der Waals surface area contributed by atoms with Gasteiger partial charge in [-0.15, -0.1) is 0 Å². The lowest BCUT2D eigenvalue weighted by molar-refractivity contribution is -0.121. The van der Waals surface area contributed by atoms with Gasteiger partial charge in [-0.2, -0.15) is 0 Å². The van der Waals surface area contributed by atoms with Gasteiger partial charge in [0.2, 0.25) is 5.91 Å². The Morgan fingerprint density at radius 3 is 3.05 bits per heavy atom. The maximum Gasteiger partial charge on any atom is 0.242 e. The van der Waals surface area contributed by atoms with E-state index in [-0.39, 0.29) is 11.9 Å². The summed E-state index contributed by atoms with van der Waals surface area (Å²) in [4.78, 5) is 12.1. The SMILES string of the molecule is O=C(NCCC1=CCCC1)[C@@H]1Cc2ccccc2N1. The van der Waals surface area contributed by atoms with Gasteiger partial charge in [0, 0.05) is 18.7 Å². The van der Waals surface area contributed by atoms with Crippen molar-refractivity contribution in [2.45, 2.75) is 38.1 Å². The number of carbonyl (C=O) groups excluding carboxylic acids is 1. The predicted octanol–water partition coefficient (Wildman–Crippen LogP) is 2.64. The molecule has 2 N–H and O–H groups in total. The quantitative estimate of drug-likeness (QED) is 0.813. The topological polar surface area (TPSA) is 41.1 Å². The Balaban J connectivity index is 1.47. The second kappa shape index (κ2) is 5.47. The van der Waals surface area contributed by atoms with Crippen molar-refractivity contribution in [3.8, 4) is 0 Å². The predicted molar refractivity (Wildman–Crippen MR) is 77.1 cm³/mol. The summed E-state index contributed by atoms with van der Waals surface area (Å²) in [6, 6.07) is 8.03. The first kappa shape index (κ1) is 12.3. The number of allylic oxidation sites excluding steroid dienone is 1. The Labute approximate surface area is 114 Å². The molecule has 3 heteroatoms. The molecular formula is C16H20N2O. The fourth-order valence-corrected chi connectivity index (χ4v) is 2.89. The number of fused-ring (bicyclic) bond motifs is 1. The van der Waals surface area contributed by atoms with Crippen LogP contribution < -0.4 is 10.6 Å². The van der Waals surface area contributed by atoms with Crippen LogP contribution in [0.25, 0.3) is 0 Å². The molecule has 3 rings (SSSR count). The Bertz CT molecular complexity index is 482. The molecule has 0 fully saturated rings. The zero-order chi connectivity index (χ0) is 13.1. The monoisotopic (exact) mass is 256 g/mol. The van der Waals surface area contributed by atoms with E-state index in [4.69, 9.17) is 0 Å². The summed E-state index contributed by atoms with van der Waals surface area (Å²) >= 11 is 0. The van der Waals surface area contributed by atoms with Crippen molar-refractivity contribution in [2.75, 3.05) is 11.9 Å². The van der Waals surface area contributed by atoms with Crippen molar-refractivity contribution in [1.29, 1.82) is 0 Å². The van der Waals surface area contributed by atoms with E-state index in [9.17, 15) is 4.79 Å². The highest BCUT2D eigenvalue weighted by Gasteiger charge is 2.25. The molecule has 0 spiro atoms. The van der Waals surface area contributed by atoms with Gasteiger partial charge in [-0.3, -0.25) is 4.79 Å². The third-order valence-corrected chi connectivity index (χ3v) is 3.97. The lowest BCUT2D eigenvalue weighted by Crippen LogP contribution is -2.38. The van der Waals surface area contributed by atoms with Crippen LogP contribution in [0.15, 0.2) is 35.9 Å². The average molecular weight is 256 g/mol. The van der Waals surface area contributed by atoms with Crippen LogP contribution in [0.3, 0.4) is 0 Å². The van der Waals surface area contributed by atoms with Crippen LogP contribution in [0.4, 0.5) is 5.69 Å². The number of hydrogen-bond acceptors (Lipinski definition) is 2. The highest BCUT2D eigenvalue weighted by atomic mass is 16.2. The molecule has 1 aromatic rings. The minimum absolute atomic E-state index is 0.102. The Hall–Kier alpha value is -1.77. The molecule has 0 radical (unpaired) electrons. The molecule has 0 unspecified atom stereocenters. The smallest absolute Gasteiger partial charge is 0.242 e. The number of rotatable bonds is 4. The zero-order valence-electron chi connectivity index (χ0n) is 11.1. The molecule has 3 nitrogen and oxygen atoms in total. The Morgan fingerprint density at radius 2 is 2.26 bits per heavy atom. The van der Waals surface area contributed by atoms with Crippen LogP contribution in [0, 0.1) is 0 Å². The molecule has 19 heavy (non-hydrogen) atoms. The van der Waals surface area contributed by atoms with Crippen LogP contribution >= 0.6 is 0 Å². The molecule has 1 aliphatic carbocycles. The molecule has 0 saturated carbocycles. The van der Waals surface area contributed by atoms with Gasteiger partial charge in [-0.25, -0.2) is 0 Å². The van der Waals surface area contributed by atoms with E-state index in [1.54, 1.807) is 0 Å². The van der Waals surface area contributed by atoms with Crippen molar-refractivity contribution in [3.63, 3.8) is 0 Å². The maximum atomic E-state index is 12.1. The lowest BCUT2D eigenvalue weighted by Gasteiger charge is -2.12. The third kappa shape index (κ3) is 2.80. The first-order valence-electron chi connectivity index (χ1n) is 7.13. The first-order chi connectivity index (χ1) is 9.33. The Kier molecular flexibility index (Phi) is 3.53. The van der Waals surface area contributed by atoms with Gasteiger partial charge in [-0.1, -0.05) is 29.8 Å². The summed E-state index contributed by atoms with van der Waals surface area (Å²) in [5.74, 6) is 0.120. The van der Waals surface area contributed by atoms with E-state index in [0.717, 1.165) is 25.1 Å². The molecule has 1 aromatic carbocycles. The lowest BCUT2D eigenvalue weighted by atomic mass is 10.1. The number of carbonyl (C=O) groups is 1. The number of anilines is 1. The normalized spacial score (nSPS) is 20.6. The minimum atomic E-state index is -0.102. The van der Waals surface area contributed by atoms with Gasteiger partial charge >= 0.3 is 0 Å². The molecule has 0 aromatic heterocycles. The van der Waals surface area contributed by atoms with E-state index in [1.165, 1.54) is 30.4 Å². The van der Waals surface area contributed by atoms with Crippen LogP contribution in [0.1, 0.15) is 31.2 Å². The van der Waals surface area contributed by atoms with Crippen molar-refractivity contribution in [2.24, 2.45) is 0 Å². The number of para-hydroxylation sites is 1. The first-order valence-corrected chi connectivity index (χ1v) is 7.13. The van der Waals surface area contributed by atoms with Gasteiger partial charge in [0.1, 0.15) is 6.04 Å². The standard InChI is InChI=1S/C16H20N2O/c19-16(17-10-9-12-5-1-2-6-12)15-11-13-7-3-4-8-14(13)18-15/h3-5,7-8,15,18H,1-2,6,9-11H2,(H,17,19)/t15-/m0/s1. The molecule has 1 aliphatic heterocycles. The minimum Gasteiger partial charge on any atom is -0.373 e. The molecule has 0 bridgehead atoms. The average Bonchev–Trinajstić information content (AvgIpc) is 3.07. The number of amides is 1. The van der Waals surface area contributed by atoms with Crippen LogP contribution in [-0.2, 0) is 11.2 Å². The highest BCUT2D eigenvalue weighted by molar-refractivity contribution is 5.87. The van der Waals surface area contributed by atoms with E-state index in [1.807, 2.05) is 18.2 Å². The van der Waals surface area contributed by atoms with E-state index in [2.05, 4.69) is 22.8 Å². The van der Waals surface area contributed by atoms with Gasteiger partial charge < -0.3 is 10.6 Å². The summed E-state index contributed by atoms with van der Waals surface area (Å²) in [6.45, 7) is 0.763. The number of hydrogen-bond donors (Lipinski definition) is 2. The van der Waals surface area contributed by atoms with Crippen LogP contribution in [-0.4, -0.2) is 18.5 Å². The van der Waals surface area contributed by atoms with Crippen LogP contribution in [0.2, 0.25) is 0 Å². The van der Waals surface area contributed by atoms with Gasteiger partial charge in [-0.05, 0) is 37.3 Å². The Morgan fingerprint density at radius 1 is 1.37 bits per heavy atom. The van der Waals surface area contributed by atoms with Gasteiger partial charge in [0.05, 0.1) is 0 Å². The fraction of sp³-hybridized carbons (Fsp3) is 0.438. The third-order valence-electron chi connectivity index (χ3n) is 3.97. The largest absolute Gasteiger partial charge is 0.373 e. The molecule has 100 valence electrons. The molecule has 0 saturated heterocycles. The van der Waals surface area contributed by atoms with Crippen molar-refractivity contribution in [1.82, 2.24) is 5.32 Å². The summed E-state index contributed by atoms with van der Waals surface area (Å²) in [6.07, 6.45) is 7.82. The van der Waals surface area contributed by atoms with Crippen LogP contribution in [0.5, 0.6) is 0 Å². The second-order valence-corrected chi connectivity index (χ2v) is 5.35. The summed E-state index contributed by atoms with van der Waals surface area (Å²) in [7, 11) is 0. The molecular weight excluding hydrogens is 236 g/mol. The second-order valence-electron chi connectivity index (χ2n) is 5.35. The van der Waals surface area contributed by atoms with E-state index >= 15 is 0 Å². The summed E-state index contributed by atoms with van der Waals surface area (Å²) in [5.41, 5.74) is 3.84. The van der Waals surface area contributed by atoms with Crippen molar-refractivity contribution < 1.29 is 4.79 Å². The van der Waals surface area contributed by atoms with Crippen molar-refractivity contribution in [3.05, 3.63) is 41.5 Å². The summed E-state index contributed by atoms with van der Waals surface area (Å²) < 4.78 is 0. The maximum absolute atomic E-state index is 12.1. The molecule has 1 heterocycles. The molecule has 2 aliphatic rings. The zero-order valence-corrected chi connectivity index (χ0v) is 11.1. The van der Waals surface area contributed by atoms with Gasteiger partial charge in [0.25, 0.3) is 0 Å². The molecule has 1 atom stereocenters. The van der Waals surface area contributed by atoms with E-state index < -0.39 is 0 Å². The summed E-state index contributed by atoms with van der Waals surface area (Å²) in [5, 5.41) is 6.33. The molecule has 1 amide bonds. The fourth-order valence-electron chi connectivity index (χ4n) is 2.89. The highest BCUT2D eigenvalue weighted by Crippen LogP contribution is 2.25.